The van der Waals surface area contributed by atoms with Crippen LogP contribution in [0.2, 0.25) is 0 Å². The molecule has 0 bridgehead atoms. The van der Waals surface area contributed by atoms with Crippen LogP contribution in [0.3, 0.4) is 0 Å². The van der Waals surface area contributed by atoms with Crippen LogP contribution in [-0.2, 0) is 0 Å². The van der Waals surface area contributed by atoms with Crippen LogP contribution in [0.1, 0.15) is 5.56 Å². The normalized spacial score (nSPS) is 10.2. The zero-order valence-electron chi connectivity index (χ0n) is 15.0. The summed E-state index contributed by atoms with van der Waals surface area (Å²) in [6.45, 7) is 6.36. The minimum Gasteiger partial charge on any atom is -0.495 e. The maximum absolute atomic E-state index is 5.45. The Labute approximate surface area is 153 Å². The lowest BCUT2D eigenvalue weighted by Crippen LogP contribution is -2.06. The third-order valence-electron chi connectivity index (χ3n) is 3.82. The van der Waals surface area contributed by atoms with E-state index in [1.54, 1.807) is 13.2 Å². The number of anilines is 3. The zero-order valence-corrected chi connectivity index (χ0v) is 15.0. The van der Waals surface area contributed by atoms with Gasteiger partial charge < -0.3 is 15.4 Å². The lowest BCUT2D eigenvalue weighted by molar-refractivity contribution is 0.416. The predicted octanol–water partition coefficient (Wildman–Crippen LogP) is 4.80. The van der Waals surface area contributed by atoms with Gasteiger partial charge in [0.1, 0.15) is 11.6 Å². The van der Waals surface area contributed by atoms with Gasteiger partial charge >= 0.3 is 0 Å². The van der Waals surface area contributed by atoms with E-state index in [-0.39, 0.29) is 0 Å². The Kier molecular flexibility index (Phi) is 5.49. The van der Waals surface area contributed by atoms with Gasteiger partial charge in [0, 0.05) is 18.2 Å². The van der Waals surface area contributed by atoms with E-state index in [2.05, 4.69) is 27.2 Å². The average molecular weight is 346 g/mol. The molecular formula is C21H22N4O. The maximum Gasteiger partial charge on any atom is 0.225 e. The summed E-state index contributed by atoms with van der Waals surface area (Å²) in [5.41, 5.74) is 3.85. The molecule has 1 aromatic heterocycles. The minimum atomic E-state index is 0.542. The number of nitrogens with one attached hydrogen (secondary N) is 2. The van der Waals surface area contributed by atoms with Crippen LogP contribution < -0.4 is 15.4 Å². The molecule has 26 heavy (non-hydrogen) atoms. The highest BCUT2D eigenvalue weighted by atomic mass is 16.5. The molecule has 0 saturated carbocycles. The largest absolute Gasteiger partial charge is 0.495 e. The number of hydrogen-bond acceptors (Lipinski definition) is 5. The second-order valence-corrected chi connectivity index (χ2v) is 5.83. The molecule has 2 aromatic carbocycles. The molecule has 0 saturated heterocycles. The molecule has 0 aliphatic carbocycles. The number of rotatable bonds is 7. The van der Waals surface area contributed by atoms with Crippen LogP contribution in [-0.4, -0.2) is 23.6 Å². The van der Waals surface area contributed by atoms with E-state index in [4.69, 9.17) is 4.74 Å². The molecule has 0 aliphatic heterocycles. The fourth-order valence-corrected chi connectivity index (χ4v) is 2.57. The molecule has 0 radical (unpaired) electrons. The highest BCUT2D eigenvalue weighted by molar-refractivity contribution is 5.70. The van der Waals surface area contributed by atoms with Gasteiger partial charge in [-0.3, -0.25) is 0 Å². The number of methoxy groups -OCH3 is 1. The fourth-order valence-electron chi connectivity index (χ4n) is 2.57. The number of benzene rings is 2. The van der Waals surface area contributed by atoms with Crippen LogP contribution in [0.4, 0.5) is 17.5 Å². The number of aryl methyl sites for hydroxylation is 1. The summed E-state index contributed by atoms with van der Waals surface area (Å²) in [6, 6.07) is 17.9. The minimum absolute atomic E-state index is 0.542. The van der Waals surface area contributed by atoms with Gasteiger partial charge in [-0.25, -0.2) is 4.98 Å². The van der Waals surface area contributed by atoms with Gasteiger partial charge in [0.2, 0.25) is 5.95 Å². The van der Waals surface area contributed by atoms with Crippen molar-refractivity contribution >= 4 is 17.5 Å². The van der Waals surface area contributed by atoms with Crippen molar-refractivity contribution in [3.05, 3.63) is 72.8 Å². The predicted molar refractivity (Wildman–Crippen MR) is 107 cm³/mol. The van der Waals surface area contributed by atoms with Crippen molar-refractivity contribution in [2.45, 2.75) is 6.92 Å². The summed E-state index contributed by atoms with van der Waals surface area (Å²) in [7, 11) is 1.66. The monoisotopic (exact) mass is 346 g/mol. The Balaban J connectivity index is 2.00. The summed E-state index contributed by atoms with van der Waals surface area (Å²) in [4.78, 5) is 9.16. The molecule has 132 valence electrons. The average Bonchev–Trinajstić information content (AvgIpc) is 2.67. The van der Waals surface area contributed by atoms with Crippen molar-refractivity contribution in [1.82, 2.24) is 9.97 Å². The Bertz CT molecular complexity index is 894. The molecule has 0 unspecified atom stereocenters. The standard InChI is InChI=1S/C21H22N4O/c1-4-12-22-21-24-17(16-8-6-5-7-9-16)14-20(25-21)23-18-13-15(2)10-11-19(18)26-3/h4-11,13-14H,1,12H2,2-3H3,(H2,22,23,24,25). The van der Waals surface area contributed by atoms with E-state index in [1.807, 2.05) is 61.5 Å². The molecule has 3 aromatic rings. The van der Waals surface area contributed by atoms with Crippen molar-refractivity contribution in [2.24, 2.45) is 0 Å². The van der Waals surface area contributed by atoms with Crippen molar-refractivity contribution in [1.29, 1.82) is 0 Å². The number of nitrogens with zero attached hydrogens (tertiary/aromatic N) is 2. The van der Waals surface area contributed by atoms with Crippen LogP contribution >= 0.6 is 0 Å². The Morgan fingerprint density at radius 2 is 1.88 bits per heavy atom. The summed E-state index contributed by atoms with van der Waals surface area (Å²) in [5, 5.41) is 6.51. The van der Waals surface area contributed by atoms with Crippen LogP contribution in [0, 0.1) is 6.92 Å². The van der Waals surface area contributed by atoms with E-state index >= 15 is 0 Å². The molecular weight excluding hydrogens is 324 g/mol. The van der Waals surface area contributed by atoms with Gasteiger partial charge in [0.15, 0.2) is 0 Å². The summed E-state index contributed by atoms with van der Waals surface area (Å²) in [5.74, 6) is 1.99. The van der Waals surface area contributed by atoms with Crippen molar-refractivity contribution in [3.8, 4) is 17.0 Å². The number of aromatic nitrogens is 2. The van der Waals surface area contributed by atoms with E-state index in [0.717, 1.165) is 28.3 Å². The molecule has 3 rings (SSSR count). The Morgan fingerprint density at radius 3 is 2.62 bits per heavy atom. The SMILES string of the molecule is C=CCNc1nc(Nc2cc(C)ccc2OC)cc(-c2ccccc2)n1. The van der Waals surface area contributed by atoms with E-state index < -0.39 is 0 Å². The summed E-state index contributed by atoms with van der Waals surface area (Å²) >= 11 is 0. The molecule has 5 nitrogen and oxygen atoms in total. The van der Waals surface area contributed by atoms with E-state index in [1.165, 1.54) is 0 Å². The second kappa shape index (κ2) is 8.16. The van der Waals surface area contributed by atoms with Crippen molar-refractivity contribution in [3.63, 3.8) is 0 Å². The third-order valence-corrected chi connectivity index (χ3v) is 3.82. The maximum atomic E-state index is 5.45. The zero-order chi connectivity index (χ0) is 18.4. The highest BCUT2D eigenvalue weighted by Crippen LogP contribution is 2.29. The van der Waals surface area contributed by atoms with E-state index in [9.17, 15) is 0 Å². The second-order valence-electron chi connectivity index (χ2n) is 5.83. The third kappa shape index (κ3) is 4.19. The molecule has 2 N–H and O–H groups in total. The van der Waals surface area contributed by atoms with E-state index in [0.29, 0.717) is 18.3 Å². The quantitative estimate of drug-likeness (QED) is 0.602. The van der Waals surface area contributed by atoms with Crippen LogP contribution in [0.15, 0.2) is 67.3 Å². The molecule has 1 heterocycles. The molecule has 0 spiro atoms. The van der Waals surface area contributed by atoms with Gasteiger partial charge in [-0.05, 0) is 24.6 Å². The summed E-state index contributed by atoms with van der Waals surface area (Å²) < 4.78 is 5.45. The smallest absolute Gasteiger partial charge is 0.225 e. The van der Waals surface area contributed by atoms with Crippen LogP contribution in [0.25, 0.3) is 11.3 Å². The highest BCUT2D eigenvalue weighted by Gasteiger charge is 2.09. The topological polar surface area (TPSA) is 59.1 Å². The van der Waals surface area contributed by atoms with Gasteiger partial charge in [0.25, 0.3) is 0 Å². The fraction of sp³-hybridized carbons (Fsp3) is 0.143. The first kappa shape index (κ1) is 17.5. The van der Waals surface area contributed by atoms with Crippen molar-refractivity contribution < 1.29 is 4.74 Å². The molecule has 0 amide bonds. The first-order valence-electron chi connectivity index (χ1n) is 8.40. The van der Waals surface area contributed by atoms with Gasteiger partial charge in [-0.15, -0.1) is 6.58 Å². The van der Waals surface area contributed by atoms with Crippen molar-refractivity contribution in [2.75, 3.05) is 24.3 Å². The lowest BCUT2D eigenvalue weighted by Gasteiger charge is -2.14. The van der Waals surface area contributed by atoms with Gasteiger partial charge in [0.05, 0.1) is 18.5 Å². The number of hydrogen-bond donors (Lipinski definition) is 2. The molecule has 0 aliphatic rings. The first-order valence-corrected chi connectivity index (χ1v) is 8.40. The van der Waals surface area contributed by atoms with Crippen LogP contribution in [0.5, 0.6) is 5.75 Å². The first-order chi connectivity index (χ1) is 12.7. The van der Waals surface area contributed by atoms with Gasteiger partial charge in [-0.2, -0.15) is 4.98 Å². The number of ether oxygens (including phenoxy) is 1. The Morgan fingerprint density at radius 1 is 1.08 bits per heavy atom. The molecule has 5 heteroatoms. The summed E-state index contributed by atoms with van der Waals surface area (Å²) in [6.07, 6.45) is 1.77. The van der Waals surface area contributed by atoms with Gasteiger partial charge in [-0.1, -0.05) is 42.5 Å². The molecule has 0 fully saturated rings. The lowest BCUT2D eigenvalue weighted by atomic mass is 10.1. The molecule has 0 atom stereocenters. The Hall–Kier alpha value is -3.34.